The van der Waals surface area contributed by atoms with E-state index in [-0.39, 0.29) is 18.6 Å². The van der Waals surface area contributed by atoms with Crippen molar-refractivity contribution in [1.29, 1.82) is 0 Å². The number of allylic oxidation sites excluding steroid dienone is 2. The maximum atomic E-state index is 15.8. The number of carbonyl (C=O) groups excluding carboxylic acids is 1. The molecule has 0 saturated heterocycles. The second-order valence-electron chi connectivity index (χ2n) is 9.60. The number of aromatic nitrogens is 3. The highest BCUT2D eigenvalue weighted by atomic mass is 19.1. The predicted molar refractivity (Wildman–Crippen MR) is 128 cm³/mol. The summed E-state index contributed by atoms with van der Waals surface area (Å²) in [5.41, 5.74) is 5.54. The van der Waals surface area contributed by atoms with Crippen LogP contribution < -0.4 is 5.32 Å². The predicted octanol–water partition coefficient (Wildman–Crippen LogP) is 5.47. The smallest absolute Gasteiger partial charge is 0.342 e. The molecular formula is C26H26FN5O2. The van der Waals surface area contributed by atoms with Gasteiger partial charge in [-0.15, -0.1) is 0 Å². The molecule has 7 nitrogen and oxygen atoms in total. The summed E-state index contributed by atoms with van der Waals surface area (Å²) in [6, 6.07) is 1.53. The number of hydrogen-bond acceptors (Lipinski definition) is 4. The van der Waals surface area contributed by atoms with Crippen molar-refractivity contribution in [2.24, 2.45) is 4.99 Å². The van der Waals surface area contributed by atoms with E-state index in [1.165, 1.54) is 0 Å². The molecule has 1 fully saturated rings. The van der Waals surface area contributed by atoms with Gasteiger partial charge in [-0.05, 0) is 44.4 Å². The number of fused-ring (bicyclic) bond motifs is 2. The highest BCUT2D eigenvalue weighted by molar-refractivity contribution is 6.17. The van der Waals surface area contributed by atoms with Crippen molar-refractivity contribution in [1.82, 2.24) is 20.0 Å². The fourth-order valence-corrected chi connectivity index (χ4v) is 5.46. The van der Waals surface area contributed by atoms with E-state index in [2.05, 4.69) is 21.5 Å². The average molecular weight is 460 g/mol. The molecule has 1 saturated carbocycles. The van der Waals surface area contributed by atoms with Gasteiger partial charge in [-0.2, -0.15) is 4.99 Å². The first kappa shape index (κ1) is 21.0. The normalized spacial score (nSPS) is 21.4. The highest BCUT2D eigenvalue weighted by Crippen LogP contribution is 2.38. The third-order valence-corrected chi connectivity index (χ3v) is 7.15. The zero-order chi connectivity index (χ0) is 23.4. The van der Waals surface area contributed by atoms with Crippen LogP contribution in [0.15, 0.2) is 46.2 Å². The van der Waals surface area contributed by atoms with E-state index in [4.69, 9.17) is 9.51 Å². The van der Waals surface area contributed by atoms with Crippen LogP contribution in [-0.2, 0) is 6.54 Å². The van der Waals surface area contributed by atoms with Crippen LogP contribution in [0.25, 0.3) is 27.7 Å². The minimum Gasteiger partial charge on any atom is -0.361 e. The summed E-state index contributed by atoms with van der Waals surface area (Å²) in [5.74, 6) is 0.728. The van der Waals surface area contributed by atoms with Crippen LogP contribution in [0, 0.1) is 13.8 Å². The molecule has 0 radical (unpaired) electrons. The van der Waals surface area contributed by atoms with E-state index in [0.717, 1.165) is 64.0 Å². The number of carbonyl (C=O) groups is 1. The molecule has 0 bridgehead atoms. The van der Waals surface area contributed by atoms with Crippen molar-refractivity contribution in [3.63, 3.8) is 0 Å². The van der Waals surface area contributed by atoms with Crippen LogP contribution in [0.1, 0.15) is 49.1 Å². The third kappa shape index (κ3) is 3.48. The Labute approximate surface area is 196 Å². The van der Waals surface area contributed by atoms with E-state index in [1.54, 1.807) is 0 Å². The van der Waals surface area contributed by atoms with Gasteiger partial charge >= 0.3 is 6.03 Å². The number of hydrogen-bond donors (Lipinski definition) is 1. The van der Waals surface area contributed by atoms with Gasteiger partial charge in [-0.1, -0.05) is 36.6 Å². The Kier molecular flexibility index (Phi) is 4.79. The van der Waals surface area contributed by atoms with Gasteiger partial charge in [0.1, 0.15) is 11.4 Å². The Morgan fingerprint density at radius 1 is 1.26 bits per heavy atom. The van der Waals surface area contributed by atoms with Gasteiger partial charge < -0.3 is 14.4 Å². The number of amides is 2. The number of aliphatic imine (C=N–C) groups is 1. The van der Waals surface area contributed by atoms with Crippen molar-refractivity contribution in [3.8, 4) is 11.1 Å². The second-order valence-corrected chi connectivity index (χ2v) is 9.60. The Balaban J connectivity index is 1.49. The lowest BCUT2D eigenvalue weighted by molar-refractivity contribution is 0.0873. The van der Waals surface area contributed by atoms with Crippen molar-refractivity contribution in [3.05, 3.63) is 53.7 Å². The summed E-state index contributed by atoms with van der Waals surface area (Å²) in [4.78, 5) is 20.6. The molecule has 3 aromatic rings. The van der Waals surface area contributed by atoms with Crippen LogP contribution in [0.2, 0.25) is 0 Å². The highest BCUT2D eigenvalue weighted by Gasteiger charge is 2.33. The topological polar surface area (TPSA) is 85.3 Å². The van der Waals surface area contributed by atoms with Crippen LogP contribution in [0.3, 0.4) is 0 Å². The molecule has 1 unspecified atom stereocenters. The summed E-state index contributed by atoms with van der Waals surface area (Å²) in [6.07, 6.45) is 13.7. The molecule has 2 aliphatic carbocycles. The standard InChI is InChI=1S/C26H26FN5O2/c1-15-23(16(2)34-31-15)18-11-22-24(28-12-18)19(13-32(22)14-26(27)8-4-3-5-9-26)17-6-7-20-21(10-17)30-25(33)29-20/h6-7,10-13,20H,3-5,8-9,14H2,1-2H3,(H,29,33). The summed E-state index contributed by atoms with van der Waals surface area (Å²) >= 11 is 0. The lowest BCUT2D eigenvalue weighted by Gasteiger charge is -2.30. The molecule has 1 atom stereocenters. The van der Waals surface area contributed by atoms with E-state index >= 15 is 4.39 Å². The number of alkyl halides is 1. The van der Waals surface area contributed by atoms with Gasteiger partial charge in [0.2, 0.25) is 0 Å². The van der Waals surface area contributed by atoms with Crippen molar-refractivity contribution in [2.45, 2.75) is 64.2 Å². The van der Waals surface area contributed by atoms with Gasteiger partial charge in [-0.3, -0.25) is 4.98 Å². The molecule has 6 rings (SSSR count). The summed E-state index contributed by atoms with van der Waals surface area (Å²) in [6.45, 7) is 4.08. The van der Waals surface area contributed by atoms with Gasteiger partial charge in [-0.25, -0.2) is 9.18 Å². The van der Waals surface area contributed by atoms with E-state index in [9.17, 15) is 4.79 Å². The van der Waals surface area contributed by atoms with Gasteiger partial charge in [0.25, 0.3) is 0 Å². The Morgan fingerprint density at radius 2 is 2.09 bits per heavy atom. The van der Waals surface area contributed by atoms with Crippen LogP contribution in [0.4, 0.5) is 9.18 Å². The molecule has 0 spiro atoms. The molecule has 2 amide bonds. The zero-order valence-corrected chi connectivity index (χ0v) is 19.3. The molecule has 1 N–H and O–H groups in total. The van der Waals surface area contributed by atoms with Crippen molar-refractivity contribution >= 4 is 28.3 Å². The SMILES string of the molecule is Cc1noc(C)c1-c1cnc2c(C3=CC4=NC(=O)NC4C=C3)cn(CC3(F)CCCCC3)c2c1. The van der Waals surface area contributed by atoms with Crippen molar-refractivity contribution in [2.75, 3.05) is 0 Å². The monoisotopic (exact) mass is 459 g/mol. The molecule has 3 aliphatic rings. The number of halogens is 1. The number of aryl methyl sites for hydroxylation is 2. The second kappa shape index (κ2) is 7.75. The summed E-state index contributed by atoms with van der Waals surface area (Å²) < 4.78 is 23.2. The molecule has 8 heteroatoms. The van der Waals surface area contributed by atoms with Crippen LogP contribution in [-0.4, -0.2) is 38.2 Å². The summed E-state index contributed by atoms with van der Waals surface area (Å²) in [5, 5.41) is 6.88. The van der Waals surface area contributed by atoms with E-state index in [0.29, 0.717) is 18.6 Å². The largest absolute Gasteiger partial charge is 0.361 e. The Morgan fingerprint density at radius 3 is 2.85 bits per heavy atom. The van der Waals surface area contributed by atoms with Gasteiger partial charge in [0.15, 0.2) is 0 Å². The maximum Gasteiger partial charge on any atom is 0.342 e. The molecule has 0 aromatic carbocycles. The number of rotatable bonds is 4. The lowest BCUT2D eigenvalue weighted by atomic mass is 9.86. The number of nitrogens with one attached hydrogen (secondary N) is 1. The molecular weight excluding hydrogens is 433 g/mol. The van der Waals surface area contributed by atoms with Crippen LogP contribution >= 0.6 is 0 Å². The summed E-state index contributed by atoms with van der Waals surface area (Å²) in [7, 11) is 0. The van der Waals surface area contributed by atoms with Crippen LogP contribution in [0.5, 0.6) is 0 Å². The fourth-order valence-electron chi connectivity index (χ4n) is 5.46. The first-order valence-electron chi connectivity index (χ1n) is 11.8. The Hall–Kier alpha value is -3.55. The Bertz CT molecular complexity index is 1380. The minimum atomic E-state index is -1.23. The molecule has 4 heterocycles. The number of urea groups is 1. The quantitative estimate of drug-likeness (QED) is 0.561. The van der Waals surface area contributed by atoms with E-state index < -0.39 is 5.67 Å². The van der Waals surface area contributed by atoms with Crippen molar-refractivity contribution < 1.29 is 13.7 Å². The first-order chi connectivity index (χ1) is 16.4. The maximum absolute atomic E-state index is 15.8. The van der Waals surface area contributed by atoms with E-state index in [1.807, 2.05) is 49.0 Å². The van der Waals surface area contributed by atoms with Gasteiger partial charge in [0, 0.05) is 29.1 Å². The molecule has 34 heavy (non-hydrogen) atoms. The third-order valence-electron chi connectivity index (χ3n) is 7.15. The first-order valence-corrected chi connectivity index (χ1v) is 11.8. The average Bonchev–Trinajstić information content (AvgIpc) is 3.47. The zero-order valence-electron chi connectivity index (χ0n) is 19.3. The number of nitrogens with zero attached hydrogens (tertiary/aromatic N) is 4. The van der Waals surface area contributed by atoms with Gasteiger partial charge in [0.05, 0.1) is 35.0 Å². The number of pyridine rings is 1. The molecule has 3 aromatic heterocycles. The lowest BCUT2D eigenvalue weighted by Crippen LogP contribution is -2.31. The molecule has 1 aliphatic heterocycles. The fraction of sp³-hybridized carbons (Fsp3) is 0.385. The minimum absolute atomic E-state index is 0.194. The molecule has 174 valence electrons.